The summed E-state index contributed by atoms with van der Waals surface area (Å²) >= 11 is 0. The summed E-state index contributed by atoms with van der Waals surface area (Å²) in [6.45, 7) is 3.49. The molecule has 1 aromatic heterocycles. The Balaban J connectivity index is 1.65. The molecule has 3 aromatic rings. The number of carbonyl (C=O) groups is 2. The smallest absolute Gasteiger partial charge is 0.308 e. The van der Waals surface area contributed by atoms with E-state index in [1.807, 2.05) is 37.3 Å². The average molecular weight is 477 g/mol. The zero-order chi connectivity index (χ0) is 24.1. The van der Waals surface area contributed by atoms with Crippen molar-refractivity contribution in [2.45, 2.75) is 36.8 Å². The number of sulfone groups is 1. The summed E-state index contributed by atoms with van der Waals surface area (Å²) in [4.78, 5) is 31.6. The minimum atomic E-state index is -5.54. The first-order chi connectivity index (χ1) is 15.4. The molecular formula is C22H18F3N3O4S. The van der Waals surface area contributed by atoms with E-state index in [0.717, 1.165) is 51.3 Å². The number of para-hydroxylation sites is 1. The van der Waals surface area contributed by atoms with Gasteiger partial charge in [-0.05, 0) is 55.8 Å². The quantitative estimate of drug-likeness (QED) is 0.526. The number of carbonyl (C=O) groups excluding carboxylic acids is 2. The van der Waals surface area contributed by atoms with E-state index in [-0.39, 0.29) is 12.2 Å². The second-order valence-corrected chi connectivity index (χ2v) is 9.58. The van der Waals surface area contributed by atoms with Gasteiger partial charge in [0, 0.05) is 17.6 Å². The van der Waals surface area contributed by atoms with Crippen LogP contribution in [0.3, 0.4) is 0 Å². The molecule has 0 radical (unpaired) electrons. The van der Waals surface area contributed by atoms with E-state index >= 15 is 0 Å². The Hall–Kier alpha value is -3.47. The highest BCUT2D eigenvalue weighted by atomic mass is 32.2. The number of fused-ring (bicyclic) bond motifs is 1. The Morgan fingerprint density at radius 1 is 1.03 bits per heavy atom. The number of hydrogen-bond acceptors (Lipinski definition) is 5. The maximum atomic E-state index is 13.1. The monoisotopic (exact) mass is 477 g/mol. The summed E-state index contributed by atoms with van der Waals surface area (Å²) in [5.41, 5.74) is -3.19. The van der Waals surface area contributed by atoms with Gasteiger partial charge >= 0.3 is 11.5 Å². The molecule has 3 amide bonds. The van der Waals surface area contributed by atoms with E-state index < -0.39 is 38.2 Å². The van der Waals surface area contributed by atoms with Crippen LogP contribution in [0.5, 0.6) is 0 Å². The van der Waals surface area contributed by atoms with E-state index in [1.54, 1.807) is 6.92 Å². The summed E-state index contributed by atoms with van der Waals surface area (Å²) in [6, 6.07) is 11.2. The maximum Gasteiger partial charge on any atom is 0.501 e. The van der Waals surface area contributed by atoms with Crippen molar-refractivity contribution in [2.75, 3.05) is 4.90 Å². The van der Waals surface area contributed by atoms with Crippen LogP contribution in [0.1, 0.15) is 18.2 Å². The molecule has 0 aliphatic carbocycles. The standard InChI is InChI=1S/C22H18F3N3O4S/c1-13-11-15(18-5-3-4-6-19(18)26-13)12-27-14(2)20(29)28(21(27)30)16-7-9-17(10-8-16)33(31,32)22(23,24)25/h3-11,14H,12H2,1-2H3. The molecule has 7 nitrogen and oxygen atoms in total. The number of rotatable bonds is 4. The Morgan fingerprint density at radius 2 is 1.67 bits per heavy atom. The molecule has 1 aliphatic rings. The van der Waals surface area contributed by atoms with Crippen molar-refractivity contribution in [2.24, 2.45) is 0 Å². The third kappa shape index (κ3) is 3.82. The molecule has 1 fully saturated rings. The number of alkyl halides is 3. The van der Waals surface area contributed by atoms with Gasteiger partial charge in [-0.25, -0.2) is 18.1 Å². The maximum absolute atomic E-state index is 13.1. The zero-order valence-electron chi connectivity index (χ0n) is 17.5. The van der Waals surface area contributed by atoms with Crippen LogP contribution >= 0.6 is 0 Å². The average Bonchev–Trinajstić information content (AvgIpc) is 2.96. The highest BCUT2D eigenvalue weighted by Crippen LogP contribution is 2.33. The number of nitrogens with zero attached hydrogens (tertiary/aromatic N) is 3. The fourth-order valence-electron chi connectivity index (χ4n) is 3.77. The third-order valence-corrected chi connectivity index (χ3v) is 6.97. The molecule has 33 heavy (non-hydrogen) atoms. The van der Waals surface area contributed by atoms with E-state index in [2.05, 4.69) is 4.98 Å². The molecule has 2 aromatic carbocycles. The molecule has 1 saturated heterocycles. The van der Waals surface area contributed by atoms with Crippen molar-refractivity contribution >= 4 is 38.4 Å². The van der Waals surface area contributed by atoms with Crippen LogP contribution in [0.2, 0.25) is 0 Å². The van der Waals surface area contributed by atoms with E-state index in [1.165, 1.54) is 4.90 Å². The molecule has 172 valence electrons. The molecule has 11 heteroatoms. The van der Waals surface area contributed by atoms with Gasteiger partial charge in [-0.1, -0.05) is 18.2 Å². The highest BCUT2D eigenvalue weighted by molar-refractivity contribution is 7.92. The van der Waals surface area contributed by atoms with Crippen LogP contribution in [0, 0.1) is 6.92 Å². The molecule has 1 atom stereocenters. The van der Waals surface area contributed by atoms with Crippen molar-refractivity contribution < 1.29 is 31.2 Å². The van der Waals surface area contributed by atoms with Crippen molar-refractivity contribution in [3.63, 3.8) is 0 Å². The number of amides is 3. The summed E-state index contributed by atoms with van der Waals surface area (Å²) < 4.78 is 61.5. The molecule has 1 unspecified atom stereocenters. The number of anilines is 1. The van der Waals surface area contributed by atoms with Gasteiger partial charge in [0.2, 0.25) is 0 Å². The first-order valence-corrected chi connectivity index (χ1v) is 11.3. The zero-order valence-corrected chi connectivity index (χ0v) is 18.3. The Labute approximate surface area is 187 Å². The molecule has 4 rings (SSSR count). The number of halogens is 3. The fraction of sp³-hybridized carbons (Fsp3) is 0.227. The lowest BCUT2D eigenvalue weighted by Crippen LogP contribution is -2.33. The minimum absolute atomic E-state index is 0.0174. The predicted octanol–water partition coefficient (Wildman–Crippen LogP) is 4.19. The minimum Gasteiger partial charge on any atom is -0.308 e. The summed E-state index contributed by atoms with van der Waals surface area (Å²) in [6.07, 6.45) is 0. The van der Waals surface area contributed by atoms with Crippen LogP contribution < -0.4 is 4.90 Å². The molecule has 2 heterocycles. The number of urea groups is 1. The third-order valence-electron chi connectivity index (χ3n) is 5.46. The number of hydrogen-bond donors (Lipinski definition) is 0. The van der Waals surface area contributed by atoms with Gasteiger partial charge < -0.3 is 4.90 Å². The van der Waals surface area contributed by atoms with Crippen molar-refractivity contribution in [3.8, 4) is 0 Å². The van der Waals surface area contributed by atoms with E-state index in [4.69, 9.17) is 0 Å². The van der Waals surface area contributed by atoms with Crippen molar-refractivity contribution in [1.29, 1.82) is 0 Å². The van der Waals surface area contributed by atoms with Crippen LogP contribution in [0.25, 0.3) is 10.9 Å². The molecular weight excluding hydrogens is 459 g/mol. The number of benzene rings is 2. The fourth-order valence-corrected chi connectivity index (χ4v) is 4.53. The number of imide groups is 1. The molecule has 1 aliphatic heterocycles. The lowest BCUT2D eigenvalue weighted by molar-refractivity contribution is -0.119. The van der Waals surface area contributed by atoms with Gasteiger partial charge in [-0.3, -0.25) is 9.78 Å². The van der Waals surface area contributed by atoms with E-state index in [0.29, 0.717) is 0 Å². The number of aromatic nitrogens is 1. The topological polar surface area (TPSA) is 87.7 Å². The molecule has 0 N–H and O–H groups in total. The van der Waals surface area contributed by atoms with Gasteiger partial charge in [0.25, 0.3) is 15.7 Å². The second kappa shape index (κ2) is 7.84. The lowest BCUT2D eigenvalue weighted by Gasteiger charge is -2.20. The Morgan fingerprint density at radius 3 is 2.30 bits per heavy atom. The van der Waals surface area contributed by atoms with Gasteiger partial charge in [0.1, 0.15) is 6.04 Å². The molecule has 0 bridgehead atoms. The molecule has 0 saturated carbocycles. The lowest BCUT2D eigenvalue weighted by atomic mass is 10.1. The summed E-state index contributed by atoms with van der Waals surface area (Å²) in [7, 11) is -5.54. The van der Waals surface area contributed by atoms with Crippen molar-refractivity contribution in [3.05, 3.63) is 65.9 Å². The SMILES string of the molecule is Cc1cc(CN2C(=O)N(c3ccc(S(=O)(=O)C(F)(F)F)cc3)C(=O)C2C)c2ccccc2n1. The van der Waals surface area contributed by atoms with Gasteiger partial charge in [-0.15, -0.1) is 0 Å². The van der Waals surface area contributed by atoms with Crippen LogP contribution in [-0.4, -0.2) is 41.8 Å². The number of aryl methyl sites for hydroxylation is 1. The summed E-state index contributed by atoms with van der Waals surface area (Å²) in [5, 5.41) is 0.829. The molecule has 0 spiro atoms. The van der Waals surface area contributed by atoms with Gasteiger partial charge in [0.15, 0.2) is 0 Å². The first kappa shape index (κ1) is 22.7. The van der Waals surface area contributed by atoms with Gasteiger partial charge in [-0.2, -0.15) is 13.2 Å². The largest absolute Gasteiger partial charge is 0.501 e. The Bertz CT molecular complexity index is 1370. The van der Waals surface area contributed by atoms with Crippen LogP contribution in [0.4, 0.5) is 23.7 Å². The number of pyridine rings is 1. The normalized spacial score (nSPS) is 17.3. The predicted molar refractivity (Wildman–Crippen MR) is 114 cm³/mol. The van der Waals surface area contributed by atoms with Crippen LogP contribution in [-0.2, 0) is 21.2 Å². The van der Waals surface area contributed by atoms with Crippen molar-refractivity contribution in [1.82, 2.24) is 9.88 Å². The Kier molecular flexibility index (Phi) is 5.39. The van der Waals surface area contributed by atoms with Crippen LogP contribution in [0.15, 0.2) is 59.5 Å². The second-order valence-electron chi connectivity index (χ2n) is 7.64. The first-order valence-electron chi connectivity index (χ1n) is 9.83. The summed E-state index contributed by atoms with van der Waals surface area (Å²) in [5.74, 6) is -0.568. The van der Waals surface area contributed by atoms with Gasteiger partial charge in [0.05, 0.1) is 16.1 Å². The van der Waals surface area contributed by atoms with E-state index in [9.17, 15) is 31.2 Å². The highest BCUT2D eigenvalue weighted by Gasteiger charge is 2.47.